The Morgan fingerprint density at radius 3 is 2.52 bits per heavy atom. The normalized spacial score (nSPS) is 26.3. The van der Waals surface area contributed by atoms with E-state index in [0.717, 1.165) is 43.5 Å². The number of halogens is 1. The second-order valence-electron chi connectivity index (χ2n) is 11.7. The Labute approximate surface area is 241 Å². The van der Waals surface area contributed by atoms with Gasteiger partial charge in [-0.2, -0.15) is 0 Å². The number of aliphatic hydroxyl groups is 2. The maximum atomic E-state index is 13.8. The summed E-state index contributed by atoms with van der Waals surface area (Å²) >= 11 is 0. The third-order valence-electron chi connectivity index (χ3n) is 8.62. The van der Waals surface area contributed by atoms with E-state index >= 15 is 0 Å². The molecule has 4 atom stereocenters. The van der Waals surface area contributed by atoms with Crippen molar-refractivity contribution in [3.63, 3.8) is 0 Å². The Morgan fingerprint density at radius 2 is 1.85 bits per heavy atom. The van der Waals surface area contributed by atoms with E-state index in [1.807, 2.05) is 12.1 Å². The maximum absolute atomic E-state index is 13.8. The molecule has 40 heavy (non-hydrogen) atoms. The van der Waals surface area contributed by atoms with Crippen molar-refractivity contribution < 1.29 is 43.5 Å². The van der Waals surface area contributed by atoms with Gasteiger partial charge in [0.05, 0.1) is 37.7 Å². The minimum Gasteiger partial charge on any atom is -0.497 e. The molecule has 0 saturated carbocycles. The third kappa shape index (κ3) is 5.51. The van der Waals surface area contributed by atoms with Gasteiger partial charge >= 0.3 is 11.9 Å². The van der Waals surface area contributed by atoms with E-state index in [4.69, 9.17) is 23.7 Å². The van der Waals surface area contributed by atoms with Crippen molar-refractivity contribution in [2.45, 2.75) is 87.6 Å². The van der Waals surface area contributed by atoms with Gasteiger partial charge in [-0.25, -0.2) is 4.79 Å². The number of methoxy groups -OCH3 is 2. The smallest absolute Gasteiger partial charge is 0.339 e. The lowest BCUT2D eigenvalue weighted by Gasteiger charge is -2.39. The van der Waals surface area contributed by atoms with Crippen molar-refractivity contribution in [2.75, 3.05) is 34.1 Å². The summed E-state index contributed by atoms with van der Waals surface area (Å²) in [6.07, 6.45) is 3.94. The molecule has 1 aliphatic carbocycles. The van der Waals surface area contributed by atoms with Crippen LogP contribution < -0.4 is 9.47 Å². The van der Waals surface area contributed by atoms with Crippen LogP contribution in [0.5, 0.6) is 11.5 Å². The van der Waals surface area contributed by atoms with Crippen LogP contribution in [0.4, 0.5) is 0 Å². The van der Waals surface area contributed by atoms with Gasteiger partial charge in [0.15, 0.2) is 23.2 Å². The molecule has 11 heteroatoms. The lowest BCUT2D eigenvalue weighted by Crippen LogP contribution is -2.49. The van der Waals surface area contributed by atoms with E-state index in [9.17, 15) is 19.8 Å². The number of benzene rings is 1. The molecule has 4 aliphatic rings. The van der Waals surface area contributed by atoms with Gasteiger partial charge in [-0.15, -0.1) is 12.4 Å². The molecule has 1 fully saturated rings. The largest absolute Gasteiger partial charge is 0.497 e. The van der Waals surface area contributed by atoms with E-state index in [1.165, 1.54) is 7.11 Å². The highest BCUT2D eigenvalue weighted by Crippen LogP contribution is 2.55. The zero-order valence-corrected chi connectivity index (χ0v) is 24.4. The van der Waals surface area contributed by atoms with Gasteiger partial charge in [-0.1, -0.05) is 0 Å². The molecule has 222 valence electrons. The van der Waals surface area contributed by atoms with Crippen molar-refractivity contribution in [2.24, 2.45) is 0 Å². The van der Waals surface area contributed by atoms with Gasteiger partial charge in [0.1, 0.15) is 5.76 Å². The van der Waals surface area contributed by atoms with E-state index < -0.39 is 41.2 Å². The summed E-state index contributed by atoms with van der Waals surface area (Å²) in [6, 6.07) is 4.00. The molecule has 5 rings (SSSR count). The van der Waals surface area contributed by atoms with Crippen molar-refractivity contribution in [3.05, 3.63) is 35.1 Å². The number of nitrogens with zero attached hydrogens (tertiary/aromatic N) is 1. The monoisotopic (exact) mass is 581 g/mol. The first-order chi connectivity index (χ1) is 18.5. The molecule has 10 nitrogen and oxygen atoms in total. The molecule has 1 spiro atoms. The lowest BCUT2D eigenvalue weighted by atomic mass is 9.77. The summed E-state index contributed by atoms with van der Waals surface area (Å²) in [5.74, 6) is -0.0645. The summed E-state index contributed by atoms with van der Waals surface area (Å²) in [7, 11) is 2.76. The van der Waals surface area contributed by atoms with Gasteiger partial charge in [0.2, 0.25) is 6.79 Å². The molecule has 2 N–H and O–H groups in total. The molecule has 3 heterocycles. The summed E-state index contributed by atoms with van der Waals surface area (Å²) in [6.45, 7) is 5.21. The van der Waals surface area contributed by atoms with Gasteiger partial charge < -0.3 is 33.9 Å². The number of carbonyl (C=O) groups excluding carboxylic acids is 2. The predicted molar refractivity (Wildman–Crippen MR) is 146 cm³/mol. The first-order valence-corrected chi connectivity index (χ1v) is 13.7. The van der Waals surface area contributed by atoms with Crippen LogP contribution in [0.15, 0.2) is 24.0 Å². The van der Waals surface area contributed by atoms with Gasteiger partial charge in [-0.3, -0.25) is 9.69 Å². The van der Waals surface area contributed by atoms with Crippen LogP contribution in [-0.2, 0) is 30.2 Å². The molecule has 0 radical (unpaired) electrons. The van der Waals surface area contributed by atoms with Gasteiger partial charge in [0, 0.05) is 6.54 Å². The Balaban J connectivity index is 0.00000370. The number of fused-ring (bicyclic) bond motifs is 3. The SMILES string of the molecule is COC(=O)C[C@](O)(CCCC(C)(C)O)C(=O)O[C@@H]1C(OC)=C[C@]23CCCN2CCc2cc4c(cc2[C@H]13)OCO4.Cl. The average Bonchev–Trinajstić information content (AvgIpc) is 3.56. The average molecular weight is 582 g/mol. The molecule has 0 aromatic heterocycles. The summed E-state index contributed by atoms with van der Waals surface area (Å²) < 4.78 is 28.1. The summed E-state index contributed by atoms with van der Waals surface area (Å²) in [4.78, 5) is 28.4. The fourth-order valence-electron chi connectivity index (χ4n) is 6.71. The van der Waals surface area contributed by atoms with Crippen molar-refractivity contribution in [1.82, 2.24) is 4.90 Å². The van der Waals surface area contributed by atoms with Gasteiger partial charge in [-0.05, 0) is 88.3 Å². The van der Waals surface area contributed by atoms with Crippen LogP contribution in [0.2, 0.25) is 0 Å². The zero-order valence-electron chi connectivity index (χ0n) is 23.6. The van der Waals surface area contributed by atoms with E-state index in [2.05, 4.69) is 11.0 Å². The number of carbonyl (C=O) groups is 2. The Hall–Kier alpha value is -2.53. The number of hydrogen-bond acceptors (Lipinski definition) is 10. The van der Waals surface area contributed by atoms with E-state index in [-0.39, 0.29) is 31.5 Å². The van der Waals surface area contributed by atoms with E-state index in [0.29, 0.717) is 30.1 Å². The molecule has 1 aromatic carbocycles. The molecule has 1 aromatic rings. The molecular formula is C29H40ClNO9. The molecule has 0 unspecified atom stereocenters. The predicted octanol–water partition coefficient (Wildman–Crippen LogP) is 3.00. The van der Waals surface area contributed by atoms with E-state index in [1.54, 1.807) is 21.0 Å². The number of hydrogen-bond donors (Lipinski definition) is 2. The summed E-state index contributed by atoms with van der Waals surface area (Å²) in [5, 5.41) is 21.6. The van der Waals surface area contributed by atoms with Crippen LogP contribution >= 0.6 is 12.4 Å². The van der Waals surface area contributed by atoms with Crippen LogP contribution in [0, 0.1) is 0 Å². The number of rotatable bonds is 9. The van der Waals surface area contributed by atoms with Crippen molar-refractivity contribution in [1.29, 1.82) is 0 Å². The second-order valence-corrected chi connectivity index (χ2v) is 11.7. The Kier molecular flexibility index (Phi) is 8.66. The fraction of sp³-hybridized carbons (Fsp3) is 0.655. The van der Waals surface area contributed by atoms with Crippen molar-refractivity contribution in [3.8, 4) is 11.5 Å². The minimum absolute atomic E-state index is 0. The van der Waals surface area contributed by atoms with Crippen LogP contribution in [0.3, 0.4) is 0 Å². The Bertz CT molecular complexity index is 1160. The maximum Gasteiger partial charge on any atom is 0.339 e. The second kappa shape index (κ2) is 11.4. The highest BCUT2D eigenvalue weighted by Gasteiger charge is 2.59. The molecule has 0 bridgehead atoms. The third-order valence-corrected chi connectivity index (χ3v) is 8.62. The first-order valence-electron chi connectivity index (χ1n) is 13.7. The van der Waals surface area contributed by atoms with Crippen molar-refractivity contribution >= 4 is 24.3 Å². The minimum atomic E-state index is -2.12. The quantitative estimate of drug-likeness (QED) is 0.421. The highest BCUT2D eigenvalue weighted by molar-refractivity contribution is 5.86. The molecule has 3 aliphatic heterocycles. The lowest BCUT2D eigenvalue weighted by molar-refractivity contribution is -0.178. The molecule has 0 amide bonds. The first kappa shape index (κ1) is 30.4. The summed E-state index contributed by atoms with van der Waals surface area (Å²) in [5.41, 5.74) is -1.42. The fourth-order valence-corrected chi connectivity index (χ4v) is 6.71. The van der Waals surface area contributed by atoms with Gasteiger partial charge in [0.25, 0.3) is 0 Å². The Morgan fingerprint density at radius 1 is 1.12 bits per heavy atom. The topological polar surface area (TPSA) is 124 Å². The van der Waals surface area contributed by atoms with Crippen LogP contribution in [-0.4, -0.2) is 84.0 Å². The zero-order chi connectivity index (χ0) is 28.0. The molecule has 1 saturated heterocycles. The highest BCUT2D eigenvalue weighted by atomic mass is 35.5. The van der Waals surface area contributed by atoms with Crippen LogP contribution in [0.1, 0.15) is 69.4 Å². The van der Waals surface area contributed by atoms with Crippen LogP contribution in [0.25, 0.3) is 0 Å². The standard InChI is InChI=1S/C29H39NO9.ClH/c1-27(2,33)8-5-10-29(34,16-23(31)36-4)26(32)39-25-22(35-3)15-28-9-6-11-30(28)12-7-18-13-20-21(38-17-37-20)14-19(18)24(25)28;/h13-15,24-25,33-34H,5-12,16-17H2,1-4H3;1H/t24-,25-,28+,29-;/m1./s1. The molecular weight excluding hydrogens is 542 g/mol. The number of ether oxygens (including phenoxy) is 5. The number of esters is 2.